The Labute approximate surface area is 168 Å². The maximum Gasteiger partial charge on any atom is 0.224 e. The van der Waals surface area contributed by atoms with E-state index in [-0.39, 0.29) is 5.91 Å². The Morgan fingerprint density at radius 2 is 1.57 bits per heavy atom. The molecule has 0 aliphatic heterocycles. The Balaban J connectivity index is 1.32. The average molecular weight is 390 g/mol. The number of carbonyl (C=O) groups excluding carboxylic acids is 1. The van der Waals surface area contributed by atoms with Gasteiger partial charge in [0.15, 0.2) is 0 Å². The normalized spacial score (nSPS) is 11.0. The maximum absolute atomic E-state index is 11.9. The molecule has 2 aromatic carbocycles. The predicted octanol–water partition coefficient (Wildman–Crippen LogP) is 5.00. The van der Waals surface area contributed by atoms with Crippen LogP contribution in [-0.4, -0.2) is 24.0 Å². The number of benzene rings is 2. The van der Waals surface area contributed by atoms with Crippen molar-refractivity contribution in [2.24, 2.45) is 0 Å². The second-order valence-corrected chi connectivity index (χ2v) is 7.59. The molecule has 0 bridgehead atoms. The Hall–Kier alpha value is -2.92. The van der Waals surface area contributed by atoms with Gasteiger partial charge in [0, 0.05) is 23.9 Å². The number of hydrogen-bond donors (Lipinski definition) is 2. The monoisotopic (exact) mass is 389 g/mol. The summed E-state index contributed by atoms with van der Waals surface area (Å²) in [6.45, 7) is 1.57. The zero-order valence-corrected chi connectivity index (χ0v) is 16.5. The van der Waals surface area contributed by atoms with Gasteiger partial charge in [0.25, 0.3) is 0 Å². The number of pyridine rings is 1. The SMILES string of the molecule is O=C(Cc1ccsc1)NCCCCNc1c2ccccc2nc2ccccc12. The Morgan fingerprint density at radius 1 is 0.893 bits per heavy atom. The fraction of sp³-hybridized carbons (Fsp3) is 0.217. The Morgan fingerprint density at radius 3 is 2.25 bits per heavy atom. The zero-order valence-electron chi connectivity index (χ0n) is 15.7. The van der Waals surface area contributed by atoms with Gasteiger partial charge in [0.05, 0.1) is 23.1 Å². The lowest BCUT2D eigenvalue weighted by atomic mass is 10.1. The molecule has 0 radical (unpaired) electrons. The number of hydrogen-bond acceptors (Lipinski definition) is 4. The molecule has 28 heavy (non-hydrogen) atoms. The molecule has 0 saturated carbocycles. The van der Waals surface area contributed by atoms with Crippen molar-refractivity contribution in [1.82, 2.24) is 10.3 Å². The molecule has 4 rings (SSSR count). The van der Waals surface area contributed by atoms with Gasteiger partial charge in [-0.3, -0.25) is 4.79 Å². The molecule has 2 aromatic heterocycles. The van der Waals surface area contributed by atoms with E-state index in [2.05, 4.69) is 34.9 Å². The highest BCUT2D eigenvalue weighted by Gasteiger charge is 2.08. The number of aromatic nitrogens is 1. The van der Waals surface area contributed by atoms with Crippen LogP contribution in [0.5, 0.6) is 0 Å². The quantitative estimate of drug-likeness (QED) is 0.329. The number of carbonyl (C=O) groups is 1. The van der Waals surface area contributed by atoms with E-state index in [9.17, 15) is 4.79 Å². The fourth-order valence-corrected chi connectivity index (χ4v) is 4.03. The van der Waals surface area contributed by atoms with Crippen LogP contribution in [0.1, 0.15) is 18.4 Å². The van der Waals surface area contributed by atoms with Crippen LogP contribution in [0, 0.1) is 0 Å². The summed E-state index contributed by atoms with van der Waals surface area (Å²) in [6, 6.07) is 18.5. The summed E-state index contributed by atoms with van der Waals surface area (Å²) in [5.41, 5.74) is 4.23. The third-order valence-corrected chi connectivity index (χ3v) is 5.49. The lowest BCUT2D eigenvalue weighted by Gasteiger charge is -2.13. The van der Waals surface area contributed by atoms with Crippen molar-refractivity contribution in [2.75, 3.05) is 18.4 Å². The van der Waals surface area contributed by atoms with E-state index in [4.69, 9.17) is 4.98 Å². The molecule has 0 unspecified atom stereocenters. The van der Waals surface area contributed by atoms with E-state index < -0.39 is 0 Å². The van der Waals surface area contributed by atoms with Crippen molar-refractivity contribution in [2.45, 2.75) is 19.3 Å². The minimum Gasteiger partial charge on any atom is -0.384 e. The molecule has 4 nitrogen and oxygen atoms in total. The third-order valence-electron chi connectivity index (χ3n) is 4.76. The van der Waals surface area contributed by atoms with Gasteiger partial charge in [-0.05, 0) is 47.4 Å². The van der Waals surface area contributed by atoms with Crippen LogP contribution < -0.4 is 10.6 Å². The molecule has 0 spiro atoms. The van der Waals surface area contributed by atoms with Crippen molar-refractivity contribution in [3.63, 3.8) is 0 Å². The first-order valence-electron chi connectivity index (χ1n) is 9.60. The zero-order chi connectivity index (χ0) is 19.2. The van der Waals surface area contributed by atoms with Crippen LogP contribution in [0.3, 0.4) is 0 Å². The number of unbranched alkanes of at least 4 members (excludes halogenated alkanes) is 1. The highest BCUT2D eigenvalue weighted by Crippen LogP contribution is 2.30. The van der Waals surface area contributed by atoms with Crippen molar-refractivity contribution in [1.29, 1.82) is 0 Å². The van der Waals surface area contributed by atoms with Gasteiger partial charge in [-0.2, -0.15) is 11.3 Å². The summed E-state index contributed by atoms with van der Waals surface area (Å²) >= 11 is 1.62. The summed E-state index contributed by atoms with van der Waals surface area (Å²) in [5, 5.41) is 12.9. The van der Waals surface area contributed by atoms with Gasteiger partial charge >= 0.3 is 0 Å². The Kier molecular flexibility index (Phi) is 5.83. The lowest BCUT2D eigenvalue weighted by molar-refractivity contribution is -0.120. The highest BCUT2D eigenvalue weighted by atomic mass is 32.1. The summed E-state index contributed by atoms with van der Waals surface area (Å²) in [6.07, 6.45) is 2.41. The number of amides is 1. The number of rotatable bonds is 8. The first-order chi connectivity index (χ1) is 13.8. The van der Waals surface area contributed by atoms with Crippen LogP contribution >= 0.6 is 11.3 Å². The highest BCUT2D eigenvalue weighted by molar-refractivity contribution is 7.08. The van der Waals surface area contributed by atoms with E-state index in [0.29, 0.717) is 13.0 Å². The van der Waals surface area contributed by atoms with Crippen molar-refractivity contribution < 1.29 is 4.79 Å². The molecule has 0 fully saturated rings. The lowest BCUT2D eigenvalue weighted by Crippen LogP contribution is -2.26. The van der Waals surface area contributed by atoms with E-state index in [1.54, 1.807) is 11.3 Å². The van der Waals surface area contributed by atoms with E-state index in [1.165, 1.54) is 0 Å². The first-order valence-corrected chi connectivity index (χ1v) is 10.5. The molecule has 4 aromatic rings. The molecule has 0 aliphatic rings. The first kappa shape index (κ1) is 18.4. The Bertz CT molecular complexity index is 1020. The van der Waals surface area contributed by atoms with Crippen LogP contribution in [-0.2, 0) is 11.2 Å². The number of fused-ring (bicyclic) bond motifs is 2. The minimum atomic E-state index is 0.0949. The molecule has 2 heterocycles. The molecule has 0 atom stereocenters. The maximum atomic E-state index is 11.9. The average Bonchev–Trinajstić information content (AvgIpc) is 3.22. The number of anilines is 1. The minimum absolute atomic E-state index is 0.0949. The smallest absolute Gasteiger partial charge is 0.224 e. The summed E-state index contributed by atoms with van der Waals surface area (Å²) in [4.78, 5) is 16.7. The number of nitrogens with one attached hydrogen (secondary N) is 2. The van der Waals surface area contributed by atoms with E-state index in [0.717, 1.165) is 52.4 Å². The largest absolute Gasteiger partial charge is 0.384 e. The molecule has 0 aliphatic carbocycles. The summed E-state index contributed by atoms with van der Waals surface area (Å²) in [7, 11) is 0. The molecule has 0 saturated heterocycles. The summed E-state index contributed by atoms with van der Waals surface area (Å²) in [5.74, 6) is 0.0949. The van der Waals surface area contributed by atoms with Gasteiger partial charge < -0.3 is 10.6 Å². The van der Waals surface area contributed by atoms with Crippen molar-refractivity contribution in [3.05, 3.63) is 70.9 Å². The number of nitrogens with zero attached hydrogens (tertiary/aromatic N) is 1. The predicted molar refractivity (Wildman–Crippen MR) is 118 cm³/mol. The third kappa shape index (κ3) is 4.31. The van der Waals surface area contributed by atoms with Gasteiger partial charge in [-0.15, -0.1) is 0 Å². The molecule has 5 heteroatoms. The number of thiophene rings is 1. The molecular weight excluding hydrogens is 366 g/mol. The van der Waals surface area contributed by atoms with Gasteiger partial charge in [0.2, 0.25) is 5.91 Å². The second-order valence-electron chi connectivity index (χ2n) is 6.81. The topological polar surface area (TPSA) is 54.0 Å². The fourth-order valence-electron chi connectivity index (χ4n) is 3.36. The molecule has 1 amide bonds. The van der Waals surface area contributed by atoms with Crippen LogP contribution in [0.25, 0.3) is 21.8 Å². The van der Waals surface area contributed by atoms with Crippen molar-refractivity contribution >= 4 is 44.7 Å². The van der Waals surface area contributed by atoms with Crippen LogP contribution in [0.2, 0.25) is 0 Å². The molecule has 2 N–H and O–H groups in total. The van der Waals surface area contributed by atoms with Gasteiger partial charge in [-0.25, -0.2) is 4.98 Å². The standard InChI is InChI=1S/C23H23N3OS/c27-22(15-17-11-14-28-16-17)24-12-5-6-13-25-23-18-7-1-3-9-20(18)26-21-10-4-2-8-19(21)23/h1-4,7-11,14,16H,5-6,12-13,15H2,(H,24,27)(H,25,26). The number of para-hydroxylation sites is 2. The van der Waals surface area contributed by atoms with Crippen molar-refractivity contribution in [3.8, 4) is 0 Å². The second kappa shape index (κ2) is 8.85. The van der Waals surface area contributed by atoms with Gasteiger partial charge in [-0.1, -0.05) is 36.4 Å². The summed E-state index contributed by atoms with van der Waals surface area (Å²) < 4.78 is 0. The molecular formula is C23H23N3OS. The molecule has 142 valence electrons. The van der Waals surface area contributed by atoms with E-state index >= 15 is 0 Å². The van der Waals surface area contributed by atoms with Gasteiger partial charge in [0.1, 0.15) is 0 Å². The van der Waals surface area contributed by atoms with Crippen LogP contribution in [0.15, 0.2) is 65.4 Å². The van der Waals surface area contributed by atoms with E-state index in [1.807, 2.05) is 41.1 Å². The van der Waals surface area contributed by atoms with Crippen LogP contribution in [0.4, 0.5) is 5.69 Å².